The summed E-state index contributed by atoms with van der Waals surface area (Å²) in [5, 5.41) is 29.0. The van der Waals surface area contributed by atoms with Crippen LogP contribution < -0.4 is 5.32 Å². The minimum absolute atomic E-state index is 0.0172. The van der Waals surface area contributed by atoms with Crippen molar-refractivity contribution in [3.63, 3.8) is 0 Å². The summed E-state index contributed by atoms with van der Waals surface area (Å²) in [6.45, 7) is 1.30. The monoisotopic (exact) mass is 239 g/mol. The molecule has 0 unspecified atom stereocenters. The molecule has 0 aliphatic carbocycles. The number of carboxylic acid groups (broad SMARTS) is 1. The summed E-state index contributed by atoms with van der Waals surface area (Å²) < 4.78 is 0. The molecular weight excluding hydrogens is 226 g/mol. The number of carbonyl (C=O) groups excluding carboxylic acids is 1. The van der Waals surface area contributed by atoms with Gasteiger partial charge in [0.25, 0.3) is 5.91 Å². The van der Waals surface area contributed by atoms with Crippen LogP contribution in [0.2, 0.25) is 0 Å². The summed E-state index contributed by atoms with van der Waals surface area (Å²) in [5.41, 5.74) is 0.831. The Morgan fingerprint density at radius 2 is 2.06 bits per heavy atom. The Labute approximate surface area is 97.5 Å². The number of carboxylic acids is 1. The molecule has 1 atom stereocenters. The number of carbonyl (C=O) groups is 2. The minimum atomic E-state index is -1.64. The van der Waals surface area contributed by atoms with E-state index in [0.29, 0.717) is 5.56 Å². The van der Waals surface area contributed by atoms with Crippen LogP contribution in [0.5, 0.6) is 5.75 Å². The van der Waals surface area contributed by atoms with Gasteiger partial charge in [0.2, 0.25) is 0 Å². The van der Waals surface area contributed by atoms with Gasteiger partial charge in [-0.05, 0) is 24.6 Å². The van der Waals surface area contributed by atoms with Crippen LogP contribution in [0.25, 0.3) is 0 Å². The van der Waals surface area contributed by atoms with Crippen LogP contribution in [0.4, 0.5) is 0 Å². The van der Waals surface area contributed by atoms with Crippen molar-refractivity contribution in [1.82, 2.24) is 5.32 Å². The zero-order valence-corrected chi connectivity index (χ0v) is 9.17. The van der Waals surface area contributed by atoms with Gasteiger partial charge in [-0.3, -0.25) is 4.79 Å². The lowest BCUT2D eigenvalue weighted by Gasteiger charge is -2.08. The Hall–Kier alpha value is -2.08. The van der Waals surface area contributed by atoms with Crippen LogP contribution >= 0.6 is 0 Å². The van der Waals surface area contributed by atoms with Gasteiger partial charge in [-0.1, -0.05) is 6.07 Å². The number of benzene rings is 1. The van der Waals surface area contributed by atoms with E-state index in [2.05, 4.69) is 5.32 Å². The minimum Gasteiger partial charge on any atom is -0.508 e. The number of hydrogen-bond donors (Lipinski definition) is 4. The van der Waals surface area contributed by atoms with Crippen LogP contribution in [0.3, 0.4) is 0 Å². The first kappa shape index (κ1) is 13.0. The van der Waals surface area contributed by atoms with Crippen molar-refractivity contribution in [3.05, 3.63) is 29.3 Å². The van der Waals surface area contributed by atoms with Gasteiger partial charge < -0.3 is 20.6 Å². The summed E-state index contributed by atoms with van der Waals surface area (Å²) in [4.78, 5) is 21.8. The van der Waals surface area contributed by atoms with Gasteiger partial charge in [0, 0.05) is 5.56 Å². The maximum atomic E-state index is 11.5. The summed E-state index contributed by atoms with van der Waals surface area (Å²) in [6.07, 6.45) is -1.64. The van der Waals surface area contributed by atoms with Crippen LogP contribution in [0.15, 0.2) is 18.2 Å². The number of rotatable bonds is 4. The molecule has 1 aromatic carbocycles. The third kappa shape index (κ3) is 3.46. The molecule has 4 N–H and O–H groups in total. The molecule has 0 aliphatic rings. The largest absolute Gasteiger partial charge is 0.508 e. The van der Waals surface area contributed by atoms with E-state index in [1.54, 1.807) is 13.0 Å². The summed E-state index contributed by atoms with van der Waals surface area (Å²) in [5.74, 6) is -1.98. The lowest BCUT2D eigenvalue weighted by Crippen LogP contribution is -2.36. The SMILES string of the molecule is Cc1ccc(C(=O)NC[C@H](O)C(=O)O)cc1O. The van der Waals surface area contributed by atoms with E-state index < -0.39 is 18.0 Å². The number of aliphatic carboxylic acids is 1. The fourth-order valence-corrected chi connectivity index (χ4v) is 1.13. The number of nitrogens with one attached hydrogen (secondary N) is 1. The fourth-order valence-electron chi connectivity index (χ4n) is 1.13. The van der Waals surface area contributed by atoms with E-state index in [1.165, 1.54) is 12.1 Å². The lowest BCUT2D eigenvalue weighted by atomic mass is 10.1. The van der Waals surface area contributed by atoms with Crippen LogP contribution in [-0.2, 0) is 4.79 Å². The first-order valence-corrected chi connectivity index (χ1v) is 4.90. The van der Waals surface area contributed by atoms with Gasteiger partial charge in [-0.2, -0.15) is 0 Å². The smallest absolute Gasteiger partial charge is 0.334 e. The van der Waals surface area contributed by atoms with Gasteiger partial charge in [0.15, 0.2) is 6.10 Å². The second-order valence-corrected chi connectivity index (χ2v) is 3.57. The number of hydrogen-bond acceptors (Lipinski definition) is 4. The maximum absolute atomic E-state index is 11.5. The van der Waals surface area contributed by atoms with Crippen LogP contribution in [0.1, 0.15) is 15.9 Å². The molecule has 0 heterocycles. The highest BCUT2D eigenvalue weighted by atomic mass is 16.4. The number of aryl methyl sites for hydroxylation is 1. The molecule has 6 heteroatoms. The Kier molecular flexibility index (Phi) is 4.06. The van der Waals surface area contributed by atoms with Crippen molar-refractivity contribution in [2.75, 3.05) is 6.54 Å². The van der Waals surface area contributed by atoms with E-state index in [1.807, 2.05) is 0 Å². The molecule has 0 saturated heterocycles. The quantitative estimate of drug-likeness (QED) is 0.585. The topological polar surface area (TPSA) is 107 Å². The van der Waals surface area contributed by atoms with Gasteiger partial charge in [0.1, 0.15) is 5.75 Å². The molecule has 0 radical (unpaired) electrons. The average Bonchev–Trinajstić information content (AvgIpc) is 2.28. The van der Waals surface area contributed by atoms with Crippen molar-refractivity contribution in [1.29, 1.82) is 0 Å². The molecule has 92 valence electrons. The molecule has 1 aromatic rings. The molecule has 0 bridgehead atoms. The van der Waals surface area contributed by atoms with Gasteiger partial charge in [-0.25, -0.2) is 4.79 Å². The highest BCUT2D eigenvalue weighted by Gasteiger charge is 2.15. The zero-order valence-electron chi connectivity index (χ0n) is 9.17. The van der Waals surface area contributed by atoms with Crippen molar-refractivity contribution in [3.8, 4) is 5.75 Å². The Morgan fingerprint density at radius 1 is 1.41 bits per heavy atom. The summed E-state index contributed by atoms with van der Waals surface area (Å²) in [7, 11) is 0. The molecular formula is C11H13NO5. The predicted octanol–water partition coefficient (Wildman–Crippen LogP) is -0.124. The number of aliphatic hydroxyl groups is 1. The highest BCUT2D eigenvalue weighted by molar-refractivity contribution is 5.95. The number of phenolic OH excluding ortho intramolecular Hbond substituents is 1. The number of amides is 1. The van der Waals surface area contributed by atoms with E-state index in [9.17, 15) is 14.7 Å². The third-order valence-electron chi connectivity index (χ3n) is 2.21. The fraction of sp³-hybridized carbons (Fsp3) is 0.273. The molecule has 1 rings (SSSR count). The Bertz CT molecular complexity index is 443. The lowest BCUT2D eigenvalue weighted by molar-refractivity contribution is -0.146. The summed E-state index contributed by atoms with van der Waals surface area (Å²) >= 11 is 0. The van der Waals surface area contributed by atoms with E-state index in [0.717, 1.165) is 0 Å². The molecule has 0 aliphatic heterocycles. The van der Waals surface area contributed by atoms with Gasteiger partial charge >= 0.3 is 5.97 Å². The summed E-state index contributed by atoms with van der Waals surface area (Å²) in [6, 6.07) is 4.34. The van der Waals surface area contributed by atoms with Crippen molar-refractivity contribution in [2.24, 2.45) is 0 Å². The maximum Gasteiger partial charge on any atom is 0.334 e. The van der Waals surface area contributed by atoms with Crippen molar-refractivity contribution >= 4 is 11.9 Å². The first-order chi connectivity index (χ1) is 7.91. The van der Waals surface area contributed by atoms with E-state index in [-0.39, 0.29) is 17.9 Å². The molecule has 0 fully saturated rings. The molecule has 17 heavy (non-hydrogen) atoms. The Balaban J connectivity index is 2.64. The van der Waals surface area contributed by atoms with Crippen LogP contribution in [-0.4, -0.2) is 39.8 Å². The number of aromatic hydroxyl groups is 1. The molecule has 0 spiro atoms. The number of phenols is 1. The van der Waals surface area contributed by atoms with Crippen LogP contribution in [0, 0.1) is 6.92 Å². The van der Waals surface area contributed by atoms with E-state index >= 15 is 0 Å². The zero-order chi connectivity index (χ0) is 13.0. The number of aliphatic hydroxyl groups excluding tert-OH is 1. The standard InChI is InChI=1S/C11H13NO5/c1-6-2-3-7(4-8(6)13)10(15)12-5-9(14)11(16)17/h2-4,9,13-14H,5H2,1H3,(H,12,15)(H,16,17)/t9-/m0/s1. The predicted molar refractivity (Wildman–Crippen MR) is 58.8 cm³/mol. The van der Waals surface area contributed by atoms with Crippen molar-refractivity contribution in [2.45, 2.75) is 13.0 Å². The normalized spacial score (nSPS) is 11.9. The van der Waals surface area contributed by atoms with Gasteiger partial charge in [0.05, 0.1) is 6.54 Å². The molecule has 0 aromatic heterocycles. The second-order valence-electron chi connectivity index (χ2n) is 3.57. The highest BCUT2D eigenvalue weighted by Crippen LogP contribution is 2.17. The van der Waals surface area contributed by atoms with Crippen molar-refractivity contribution < 1.29 is 24.9 Å². The molecule has 0 saturated carbocycles. The first-order valence-electron chi connectivity index (χ1n) is 4.90. The molecule has 1 amide bonds. The molecule has 6 nitrogen and oxygen atoms in total. The van der Waals surface area contributed by atoms with E-state index in [4.69, 9.17) is 10.2 Å². The second kappa shape index (κ2) is 5.31. The Morgan fingerprint density at radius 3 is 2.59 bits per heavy atom. The average molecular weight is 239 g/mol. The third-order valence-corrected chi connectivity index (χ3v) is 2.21. The van der Waals surface area contributed by atoms with Gasteiger partial charge in [-0.15, -0.1) is 0 Å².